The number of benzene rings is 1. The van der Waals surface area contributed by atoms with Crippen LogP contribution >= 0.6 is 15.9 Å². The number of hydrogen-bond acceptors (Lipinski definition) is 4. The van der Waals surface area contributed by atoms with Crippen molar-refractivity contribution in [3.63, 3.8) is 0 Å². The van der Waals surface area contributed by atoms with Crippen LogP contribution in [0.4, 0.5) is 15.8 Å². The van der Waals surface area contributed by atoms with E-state index in [0.29, 0.717) is 15.7 Å². The number of anilines is 1. The van der Waals surface area contributed by atoms with E-state index >= 15 is 0 Å². The summed E-state index contributed by atoms with van der Waals surface area (Å²) in [5.74, 6) is -0.345. The molecule has 0 fully saturated rings. The van der Waals surface area contributed by atoms with E-state index in [0.717, 1.165) is 0 Å². The van der Waals surface area contributed by atoms with Crippen LogP contribution in [0.25, 0.3) is 0 Å². The zero-order valence-electron chi connectivity index (χ0n) is 9.64. The highest BCUT2D eigenvalue weighted by atomic mass is 79.9. The van der Waals surface area contributed by atoms with Crippen LogP contribution in [0, 0.1) is 15.9 Å². The highest BCUT2D eigenvalue weighted by Gasteiger charge is 2.16. The first-order chi connectivity index (χ1) is 9.08. The number of nitro groups is 1. The lowest BCUT2D eigenvalue weighted by atomic mass is 10.2. The molecule has 0 saturated carbocycles. The second kappa shape index (κ2) is 5.75. The Kier molecular flexibility index (Phi) is 4.06. The Morgan fingerprint density at radius 3 is 2.89 bits per heavy atom. The lowest BCUT2D eigenvalue weighted by molar-refractivity contribution is -0.384. The van der Waals surface area contributed by atoms with E-state index in [-0.39, 0.29) is 18.0 Å². The lowest BCUT2D eigenvalue weighted by Gasteiger charge is -2.08. The monoisotopic (exact) mass is 325 g/mol. The summed E-state index contributed by atoms with van der Waals surface area (Å²) >= 11 is 3.20. The summed E-state index contributed by atoms with van der Waals surface area (Å²) in [5, 5.41) is 13.8. The van der Waals surface area contributed by atoms with Gasteiger partial charge in [0.2, 0.25) is 0 Å². The van der Waals surface area contributed by atoms with Crippen LogP contribution in [0.3, 0.4) is 0 Å². The molecule has 0 saturated heterocycles. The van der Waals surface area contributed by atoms with Crippen molar-refractivity contribution in [1.82, 2.24) is 4.98 Å². The molecule has 1 aromatic carbocycles. The Bertz CT molecular complexity index is 622. The first-order valence-electron chi connectivity index (χ1n) is 5.34. The molecule has 2 aromatic rings. The fourth-order valence-electron chi connectivity index (χ4n) is 1.58. The SMILES string of the molecule is O=[N+]([O-])c1cncc(Br)c1NCc1cccc(F)c1. The molecular weight excluding hydrogens is 317 g/mol. The quantitative estimate of drug-likeness (QED) is 0.690. The van der Waals surface area contributed by atoms with E-state index in [1.54, 1.807) is 12.1 Å². The Balaban J connectivity index is 2.22. The largest absolute Gasteiger partial charge is 0.374 e. The molecule has 5 nitrogen and oxygen atoms in total. The highest BCUT2D eigenvalue weighted by Crippen LogP contribution is 2.31. The summed E-state index contributed by atoms with van der Waals surface area (Å²) in [6.07, 6.45) is 2.62. The van der Waals surface area contributed by atoms with Crippen molar-refractivity contribution in [1.29, 1.82) is 0 Å². The van der Waals surface area contributed by atoms with E-state index in [9.17, 15) is 14.5 Å². The predicted molar refractivity (Wildman–Crippen MR) is 72.3 cm³/mol. The number of nitrogens with one attached hydrogen (secondary N) is 1. The third-order valence-electron chi connectivity index (χ3n) is 2.43. The second-order valence-corrected chi connectivity index (χ2v) is 4.61. The van der Waals surface area contributed by atoms with Crippen LogP contribution in [0.1, 0.15) is 5.56 Å². The van der Waals surface area contributed by atoms with Gasteiger partial charge in [-0.25, -0.2) is 4.39 Å². The summed E-state index contributed by atoms with van der Waals surface area (Å²) in [6, 6.07) is 6.03. The topological polar surface area (TPSA) is 68.1 Å². The molecule has 0 amide bonds. The van der Waals surface area contributed by atoms with Crippen molar-refractivity contribution in [3.05, 3.63) is 62.6 Å². The molecule has 7 heteroatoms. The van der Waals surface area contributed by atoms with Gasteiger partial charge in [-0.15, -0.1) is 0 Å². The molecule has 1 aromatic heterocycles. The van der Waals surface area contributed by atoms with Crippen LogP contribution in [0.15, 0.2) is 41.1 Å². The Labute approximate surface area is 116 Å². The van der Waals surface area contributed by atoms with Crippen LogP contribution in [-0.4, -0.2) is 9.91 Å². The van der Waals surface area contributed by atoms with Gasteiger partial charge >= 0.3 is 5.69 Å². The van der Waals surface area contributed by atoms with Gasteiger partial charge in [-0.2, -0.15) is 0 Å². The van der Waals surface area contributed by atoms with Gasteiger partial charge in [0.1, 0.15) is 17.7 Å². The third-order valence-corrected chi connectivity index (χ3v) is 3.04. The molecule has 2 rings (SSSR count). The summed E-state index contributed by atoms with van der Waals surface area (Å²) in [6.45, 7) is 0.279. The first kappa shape index (κ1) is 13.4. The molecule has 0 unspecified atom stereocenters. The average molecular weight is 326 g/mol. The minimum Gasteiger partial charge on any atom is -0.374 e. The van der Waals surface area contributed by atoms with Gasteiger partial charge in [0.25, 0.3) is 0 Å². The van der Waals surface area contributed by atoms with Crippen LogP contribution in [0.5, 0.6) is 0 Å². The molecule has 0 aliphatic heterocycles. The molecule has 19 heavy (non-hydrogen) atoms. The van der Waals surface area contributed by atoms with Crippen molar-refractivity contribution in [2.75, 3.05) is 5.32 Å². The molecule has 1 N–H and O–H groups in total. The minimum atomic E-state index is -0.522. The van der Waals surface area contributed by atoms with E-state index in [1.165, 1.54) is 24.5 Å². The van der Waals surface area contributed by atoms with Crippen molar-refractivity contribution in [3.8, 4) is 0 Å². The normalized spacial score (nSPS) is 10.2. The molecule has 0 spiro atoms. The molecule has 1 heterocycles. The molecule has 98 valence electrons. The maximum atomic E-state index is 13.0. The van der Waals surface area contributed by atoms with Gasteiger partial charge < -0.3 is 5.32 Å². The number of hydrogen-bond donors (Lipinski definition) is 1. The molecule has 0 atom stereocenters. The molecule has 0 aliphatic rings. The van der Waals surface area contributed by atoms with E-state index in [1.807, 2.05) is 0 Å². The fraction of sp³-hybridized carbons (Fsp3) is 0.0833. The number of nitrogens with zero attached hydrogens (tertiary/aromatic N) is 2. The van der Waals surface area contributed by atoms with Crippen LogP contribution in [0.2, 0.25) is 0 Å². The van der Waals surface area contributed by atoms with Gasteiger partial charge in [-0.3, -0.25) is 15.1 Å². The number of aromatic nitrogens is 1. The van der Waals surface area contributed by atoms with Crippen molar-refractivity contribution < 1.29 is 9.31 Å². The summed E-state index contributed by atoms with van der Waals surface area (Å²) in [4.78, 5) is 14.1. The van der Waals surface area contributed by atoms with Gasteiger partial charge in [-0.1, -0.05) is 12.1 Å². The van der Waals surface area contributed by atoms with E-state index in [4.69, 9.17) is 0 Å². The second-order valence-electron chi connectivity index (χ2n) is 3.76. The summed E-state index contributed by atoms with van der Waals surface area (Å²) < 4.78 is 13.5. The zero-order chi connectivity index (χ0) is 13.8. The Hall–Kier alpha value is -2.02. The zero-order valence-corrected chi connectivity index (χ0v) is 11.2. The van der Waals surface area contributed by atoms with E-state index in [2.05, 4.69) is 26.2 Å². The minimum absolute atomic E-state index is 0.134. The van der Waals surface area contributed by atoms with Crippen LogP contribution in [-0.2, 0) is 6.54 Å². The van der Waals surface area contributed by atoms with Gasteiger partial charge in [0, 0.05) is 12.7 Å². The molecule has 0 aliphatic carbocycles. The standard InChI is InChI=1S/C12H9BrFN3O2/c13-10-6-15-7-11(17(18)19)12(10)16-5-8-2-1-3-9(14)4-8/h1-4,6-7H,5H2,(H,15,16). The van der Waals surface area contributed by atoms with E-state index < -0.39 is 4.92 Å². The number of halogens is 2. The van der Waals surface area contributed by atoms with Crippen molar-refractivity contribution in [2.45, 2.75) is 6.54 Å². The fourth-order valence-corrected chi connectivity index (χ4v) is 2.04. The maximum absolute atomic E-state index is 13.0. The van der Waals surface area contributed by atoms with Gasteiger partial charge in [0.15, 0.2) is 0 Å². The summed E-state index contributed by atoms with van der Waals surface area (Å²) in [7, 11) is 0. The highest BCUT2D eigenvalue weighted by molar-refractivity contribution is 9.10. The van der Waals surface area contributed by atoms with Crippen molar-refractivity contribution in [2.24, 2.45) is 0 Å². The van der Waals surface area contributed by atoms with Crippen molar-refractivity contribution >= 4 is 27.3 Å². The Morgan fingerprint density at radius 1 is 1.42 bits per heavy atom. The lowest BCUT2D eigenvalue weighted by Crippen LogP contribution is -2.04. The van der Waals surface area contributed by atoms with Gasteiger partial charge in [0.05, 0.1) is 9.40 Å². The third kappa shape index (κ3) is 3.25. The smallest absolute Gasteiger partial charge is 0.311 e. The Morgan fingerprint density at radius 2 is 2.21 bits per heavy atom. The maximum Gasteiger partial charge on any atom is 0.311 e. The molecule has 0 radical (unpaired) electrons. The molecular formula is C12H9BrFN3O2. The predicted octanol–water partition coefficient (Wildman–Crippen LogP) is 3.50. The van der Waals surface area contributed by atoms with Crippen LogP contribution < -0.4 is 5.32 Å². The number of rotatable bonds is 4. The summed E-state index contributed by atoms with van der Waals surface area (Å²) in [5.41, 5.74) is 0.882. The average Bonchev–Trinajstić information content (AvgIpc) is 2.37. The first-order valence-corrected chi connectivity index (χ1v) is 6.13. The van der Waals surface area contributed by atoms with Gasteiger partial charge in [-0.05, 0) is 33.6 Å². The number of pyridine rings is 1. The molecule has 0 bridgehead atoms.